The zero-order chi connectivity index (χ0) is 26.9. The van der Waals surface area contributed by atoms with Gasteiger partial charge in [-0.05, 0) is 48.0 Å². The van der Waals surface area contributed by atoms with Gasteiger partial charge in [-0.2, -0.15) is 4.89 Å². The van der Waals surface area contributed by atoms with Gasteiger partial charge < -0.3 is 24.8 Å². The third kappa shape index (κ3) is 6.86. The number of aliphatic carboxylic acids is 1. The highest BCUT2D eigenvalue weighted by Gasteiger charge is 2.28. The molecular formula is C28H30N2O8. The zero-order valence-corrected chi connectivity index (χ0v) is 21.1. The lowest BCUT2D eigenvalue weighted by atomic mass is 9.91. The van der Waals surface area contributed by atoms with Crippen molar-refractivity contribution in [3.8, 4) is 5.75 Å². The first-order valence-corrected chi connectivity index (χ1v) is 12.3. The highest BCUT2D eigenvalue weighted by atomic mass is 17.2. The second-order valence-corrected chi connectivity index (χ2v) is 8.74. The van der Waals surface area contributed by atoms with Gasteiger partial charge in [0.15, 0.2) is 11.5 Å². The number of methoxy groups -OCH3 is 1. The molecule has 10 nitrogen and oxygen atoms in total. The minimum absolute atomic E-state index is 0.00608. The molecule has 2 heterocycles. The number of nitrogens with one attached hydrogen (secondary N) is 1. The van der Waals surface area contributed by atoms with Gasteiger partial charge in [0.05, 0.1) is 20.3 Å². The van der Waals surface area contributed by atoms with E-state index in [9.17, 15) is 19.5 Å². The number of morpholine rings is 1. The van der Waals surface area contributed by atoms with Crippen LogP contribution in [0.15, 0.2) is 71.5 Å². The monoisotopic (exact) mass is 522 g/mol. The lowest BCUT2D eigenvalue weighted by Crippen LogP contribution is -2.41. The lowest BCUT2D eigenvalue weighted by molar-refractivity contribution is -0.231. The zero-order valence-electron chi connectivity index (χ0n) is 21.1. The van der Waals surface area contributed by atoms with E-state index in [1.807, 2.05) is 0 Å². The molecule has 4 rings (SSSR count). The van der Waals surface area contributed by atoms with E-state index < -0.39 is 11.8 Å². The number of carbonyl (C=O) groups is 3. The van der Waals surface area contributed by atoms with Crippen LogP contribution in [-0.2, 0) is 25.7 Å². The van der Waals surface area contributed by atoms with Gasteiger partial charge in [0.2, 0.25) is 0 Å². The first kappa shape index (κ1) is 27.1. The van der Waals surface area contributed by atoms with Crippen molar-refractivity contribution >= 4 is 17.7 Å². The van der Waals surface area contributed by atoms with E-state index in [0.29, 0.717) is 42.2 Å². The highest BCUT2D eigenvalue weighted by Crippen LogP contribution is 2.27. The van der Waals surface area contributed by atoms with Gasteiger partial charge in [0, 0.05) is 49.3 Å². The predicted octanol–water partition coefficient (Wildman–Crippen LogP) is 2.41. The van der Waals surface area contributed by atoms with Crippen LogP contribution in [0.1, 0.15) is 26.3 Å². The van der Waals surface area contributed by atoms with Crippen LogP contribution in [0.25, 0.3) is 0 Å². The molecule has 1 saturated heterocycles. The quantitative estimate of drug-likeness (QED) is 0.260. The van der Waals surface area contributed by atoms with E-state index in [0.717, 1.165) is 19.6 Å². The number of hydrogen-bond donors (Lipinski definition) is 2. The number of amides is 1. The number of ketones is 1. The van der Waals surface area contributed by atoms with Crippen LogP contribution in [0.2, 0.25) is 0 Å². The Hall–Kier alpha value is -3.99. The van der Waals surface area contributed by atoms with Gasteiger partial charge in [-0.15, -0.1) is 0 Å². The van der Waals surface area contributed by atoms with Crippen molar-refractivity contribution < 1.29 is 38.7 Å². The first-order valence-electron chi connectivity index (χ1n) is 12.3. The topological polar surface area (TPSA) is 124 Å². The molecule has 0 spiro atoms. The summed E-state index contributed by atoms with van der Waals surface area (Å²) in [6.07, 6.45) is 1.47. The Bertz CT molecular complexity index is 1210. The maximum atomic E-state index is 13.5. The summed E-state index contributed by atoms with van der Waals surface area (Å²) >= 11 is 0. The lowest BCUT2D eigenvalue weighted by Gasteiger charge is -2.26. The average molecular weight is 523 g/mol. The number of allylic oxidation sites excluding steroid dienone is 1. The van der Waals surface area contributed by atoms with Crippen LogP contribution in [0.4, 0.5) is 0 Å². The molecule has 0 saturated carbocycles. The molecule has 38 heavy (non-hydrogen) atoms. The van der Waals surface area contributed by atoms with Crippen molar-refractivity contribution in [2.75, 3.05) is 53.1 Å². The molecule has 2 aromatic rings. The van der Waals surface area contributed by atoms with E-state index in [2.05, 4.69) is 10.2 Å². The van der Waals surface area contributed by atoms with E-state index in [-0.39, 0.29) is 35.8 Å². The fourth-order valence-corrected chi connectivity index (χ4v) is 4.20. The largest absolute Gasteiger partial charge is 0.497 e. The summed E-state index contributed by atoms with van der Waals surface area (Å²) in [6, 6.07) is 13.1. The number of carbonyl (C=O) groups excluding carboxylic acids is 2. The summed E-state index contributed by atoms with van der Waals surface area (Å²) in [5, 5.41) is 12.9. The molecule has 10 heteroatoms. The molecule has 200 valence electrons. The third-order valence-corrected chi connectivity index (χ3v) is 6.29. The number of benzene rings is 2. The summed E-state index contributed by atoms with van der Waals surface area (Å²) in [7, 11) is 1.52. The number of carboxylic acid groups (broad SMARTS) is 1. The van der Waals surface area contributed by atoms with Crippen molar-refractivity contribution in [2.24, 2.45) is 0 Å². The van der Waals surface area contributed by atoms with Gasteiger partial charge in [0.25, 0.3) is 5.91 Å². The van der Waals surface area contributed by atoms with Gasteiger partial charge >= 0.3 is 5.97 Å². The maximum absolute atomic E-state index is 13.5. The van der Waals surface area contributed by atoms with E-state index >= 15 is 0 Å². The Labute approximate surface area is 220 Å². The molecule has 2 aliphatic rings. The van der Waals surface area contributed by atoms with Gasteiger partial charge in [-0.25, -0.2) is 4.79 Å². The molecule has 2 N–H and O–H groups in total. The normalized spacial score (nSPS) is 16.2. The smallest absolute Gasteiger partial charge is 0.340 e. The number of carboxylic acids is 1. The van der Waals surface area contributed by atoms with Gasteiger partial charge in [-0.1, -0.05) is 12.1 Å². The van der Waals surface area contributed by atoms with Crippen LogP contribution in [0.3, 0.4) is 0 Å². The van der Waals surface area contributed by atoms with Gasteiger partial charge in [-0.3, -0.25) is 14.5 Å². The number of Topliss-reactive ketones (excluding diaryl/α,β-unsaturated/α-hetero) is 1. The summed E-state index contributed by atoms with van der Waals surface area (Å²) in [4.78, 5) is 50.5. The van der Waals surface area contributed by atoms with Crippen molar-refractivity contribution in [1.82, 2.24) is 10.2 Å². The summed E-state index contributed by atoms with van der Waals surface area (Å²) in [5.41, 5.74) is 1.19. The molecule has 1 amide bonds. The Morgan fingerprint density at radius 3 is 2.29 bits per heavy atom. The third-order valence-electron chi connectivity index (χ3n) is 6.29. The van der Waals surface area contributed by atoms with E-state index in [1.54, 1.807) is 48.5 Å². The van der Waals surface area contributed by atoms with Crippen LogP contribution in [0, 0.1) is 0 Å². The van der Waals surface area contributed by atoms with Crippen LogP contribution in [-0.4, -0.2) is 80.8 Å². The molecule has 2 aliphatic heterocycles. The second kappa shape index (κ2) is 13.0. The molecule has 0 bridgehead atoms. The van der Waals surface area contributed by atoms with E-state index in [4.69, 9.17) is 19.2 Å². The second-order valence-electron chi connectivity index (χ2n) is 8.74. The standard InChI is InChI=1S/C28H30N2O8/c1-35-22-8-6-20(7-9-22)26(31)23(25(28(33)34)24-10-15-37-38-24)18-19-2-4-21(5-3-19)27(32)29-11-12-30-13-16-36-17-14-30/h2-10H,11-18H2,1H3,(H,29,32)(H,33,34). The van der Waals surface area contributed by atoms with Gasteiger partial charge in [0.1, 0.15) is 17.9 Å². The maximum Gasteiger partial charge on any atom is 0.340 e. The summed E-state index contributed by atoms with van der Waals surface area (Å²) < 4.78 is 10.5. The first-order chi connectivity index (χ1) is 18.5. The molecule has 0 aromatic heterocycles. The van der Waals surface area contributed by atoms with E-state index in [1.165, 1.54) is 13.2 Å². The molecule has 0 unspecified atom stereocenters. The van der Waals surface area contributed by atoms with Crippen molar-refractivity contribution in [3.63, 3.8) is 0 Å². The van der Waals surface area contributed by atoms with Crippen LogP contribution in [0.5, 0.6) is 5.75 Å². The molecule has 0 radical (unpaired) electrons. The molecule has 2 aromatic carbocycles. The van der Waals surface area contributed by atoms with Crippen LogP contribution >= 0.6 is 0 Å². The Morgan fingerprint density at radius 1 is 1.00 bits per heavy atom. The molecule has 0 aliphatic carbocycles. The minimum atomic E-state index is -1.31. The highest BCUT2D eigenvalue weighted by molar-refractivity contribution is 6.14. The predicted molar refractivity (Wildman–Crippen MR) is 137 cm³/mol. The molecule has 1 fully saturated rings. The summed E-state index contributed by atoms with van der Waals surface area (Å²) in [5.74, 6) is -1.44. The fraction of sp³-hybridized carbons (Fsp3) is 0.321. The SMILES string of the molecule is COc1ccc(C(=O)C(Cc2ccc(C(=O)NCCN3CCOCC3)cc2)=C(C(=O)O)C2=CCOO2)cc1. The number of hydrogen-bond acceptors (Lipinski definition) is 8. The minimum Gasteiger partial charge on any atom is -0.497 e. The average Bonchev–Trinajstić information content (AvgIpc) is 3.47. The Balaban J connectivity index is 1.52. The van der Waals surface area contributed by atoms with Crippen molar-refractivity contribution in [1.29, 1.82) is 0 Å². The van der Waals surface area contributed by atoms with Crippen molar-refractivity contribution in [3.05, 3.63) is 88.2 Å². The number of rotatable bonds is 11. The Morgan fingerprint density at radius 2 is 1.68 bits per heavy atom. The Kier molecular flexibility index (Phi) is 9.26. The molecule has 0 atom stereocenters. The number of ether oxygens (including phenoxy) is 2. The number of nitrogens with zero attached hydrogens (tertiary/aromatic N) is 1. The van der Waals surface area contributed by atoms with Crippen LogP contribution < -0.4 is 10.1 Å². The fourth-order valence-electron chi connectivity index (χ4n) is 4.20. The van der Waals surface area contributed by atoms with Crippen molar-refractivity contribution in [2.45, 2.75) is 6.42 Å². The summed E-state index contributed by atoms with van der Waals surface area (Å²) in [6.45, 7) is 4.44. The molecular weight excluding hydrogens is 492 g/mol.